The first-order chi connectivity index (χ1) is 12.2. The summed E-state index contributed by atoms with van der Waals surface area (Å²) in [5, 5.41) is 0. The zero-order chi connectivity index (χ0) is 18.1. The van der Waals surface area contributed by atoms with Gasteiger partial charge in [0.1, 0.15) is 0 Å². The number of ether oxygens (including phenoxy) is 3. The first kappa shape index (κ1) is 18.3. The van der Waals surface area contributed by atoms with Gasteiger partial charge in [0, 0.05) is 0 Å². The van der Waals surface area contributed by atoms with Crippen molar-refractivity contribution in [3.05, 3.63) is 71.3 Å². The Labute approximate surface area is 148 Å². The van der Waals surface area contributed by atoms with Gasteiger partial charge in [-0.05, 0) is 42.3 Å². The first-order valence-electron chi connectivity index (χ1n) is 8.02. The third kappa shape index (κ3) is 5.24. The van der Waals surface area contributed by atoms with Crippen LogP contribution in [0.4, 0.5) is 0 Å². The van der Waals surface area contributed by atoms with E-state index >= 15 is 0 Å². The van der Waals surface area contributed by atoms with Crippen molar-refractivity contribution in [3.8, 4) is 11.5 Å². The monoisotopic (exact) mass is 338 g/mol. The number of esters is 1. The zero-order valence-electron chi connectivity index (χ0n) is 14.7. The maximum atomic E-state index is 12.2. The molecule has 0 atom stereocenters. The van der Waals surface area contributed by atoms with Crippen LogP contribution in [0.25, 0.3) is 12.2 Å². The number of methoxy groups -OCH3 is 2. The molecule has 0 spiro atoms. The van der Waals surface area contributed by atoms with Gasteiger partial charge in [0.05, 0.1) is 26.4 Å². The number of benzene rings is 2. The molecular formula is C21H22O4. The van der Waals surface area contributed by atoms with Crippen LogP contribution in [0.1, 0.15) is 18.1 Å². The lowest BCUT2D eigenvalue weighted by atomic mass is 10.1. The minimum absolute atomic E-state index is 0.321. The minimum Gasteiger partial charge on any atom is -0.493 e. The molecule has 25 heavy (non-hydrogen) atoms. The Morgan fingerprint density at radius 2 is 1.68 bits per heavy atom. The summed E-state index contributed by atoms with van der Waals surface area (Å²) in [6, 6.07) is 15.2. The highest BCUT2D eigenvalue weighted by molar-refractivity contribution is 5.98. The highest BCUT2D eigenvalue weighted by atomic mass is 16.5. The lowest BCUT2D eigenvalue weighted by Crippen LogP contribution is -2.05. The van der Waals surface area contributed by atoms with E-state index in [4.69, 9.17) is 14.2 Å². The van der Waals surface area contributed by atoms with Gasteiger partial charge in [-0.25, -0.2) is 4.79 Å². The van der Waals surface area contributed by atoms with Gasteiger partial charge in [-0.1, -0.05) is 42.5 Å². The Balaban J connectivity index is 2.36. The van der Waals surface area contributed by atoms with Crippen LogP contribution < -0.4 is 9.47 Å². The van der Waals surface area contributed by atoms with E-state index in [0.29, 0.717) is 23.7 Å². The average molecular weight is 338 g/mol. The summed E-state index contributed by atoms with van der Waals surface area (Å²) in [7, 11) is 3.16. The Morgan fingerprint density at radius 3 is 2.32 bits per heavy atom. The second-order valence-electron chi connectivity index (χ2n) is 5.18. The van der Waals surface area contributed by atoms with Crippen LogP contribution >= 0.6 is 0 Å². The van der Waals surface area contributed by atoms with Crippen LogP contribution in [0.3, 0.4) is 0 Å². The van der Waals surface area contributed by atoms with Gasteiger partial charge >= 0.3 is 5.97 Å². The molecule has 0 aliphatic heterocycles. The van der Waals surface area contributed by atoms with E-state index < -0.39 is 0 Å². The molecule has 0 aromatic heterocycles. The van der Waals surface area contributed by atoms with Gasteiger partial charge in [-0.3, -0.25) is 0 Å². The number of hydrogen-bond donors (Lipinski definition) is 0. The molecule has 0 bridgehead atoms. The van der Waals surface area contributed by atoms with Crippen molar-refractivity contribution < 1.29 is 19.0 Å². The summed E-state index contributed by atoms with van der Waals surface area (Å²) in [6.45, 7) is 2.11. The molecule has 2 aromatic carbocycles. The molecule has 0 amide bonds. The zero-order valence-corrected chi connectivity index (χ0v) is 14.7. The maximum absolute atomic E-state index is 12.2. The molecule has 0 saturated carbocycles. The quantitative estimate of drug-likeness (QED) is 0.427. The fourth-order valence-electron chi connectivity index (χ4n) is 2.26. The smallest absolute Gasteiger partial charge is 0.338 e. The molecule has 0 aliphatic rings. The van der Waals surface area contributed by atoms with Crippen molar-refractivity contribution in [1.82, 2.24) is 0 Å². The molecule has 130 valence electrons. The van der Waals surface area contributed by atoms with E-state index in [1.807, 2.05) is 48.5 Å². The van der Waals surface area contributed by atoms with Crippen LogP contribution in [0.5, 0.6) is 11.5 Å². The normalized spacial score (nSPS) is 11.4. The molecule has 4 heteroatoms. The van der Waals surface area contributed by atoms with Gasteiger partial charge in [-0.2, -0.15) is 0 Å². The predicted octanol–water partition coefficient (Wildman–Crippen LogP) is 4.36. The number of rotatable bonds is 7. The highest BCUT2D eigenvalue weighted by Crippen LogP contribution is 2.28. The lowest BCUT2D eigenvalue weighted by molar-refractivity contribution is -0.138. The van der Waals surface area contributed by atoms with Crippen molar-refractivity contribution in [2.24, 2.45) is 0 Å². The van der Waals surface area contributed by atoms with E-state index in [-0.39, 0.29) is 5.97 Å². The molecule has 2 rings (SSSR count). The fourth-order valence-corrected chi connectivity index (χ4v) is 2.26. The molecule has 0 radical (unpaired) electrons. The second-order valence-corrected chi connectivity index (χ2v) is 5.18. The fraction of sp³-hybridized carbons (Fsp3) is 0.190. The van der Waals surface area contributed by atoms with Gasteiger partial charge in [0.2, 0.25) is 0 Å². The molecular weight excluding hydrogens is 316 g/mol. The Morgan fingerprint density at radius 1 is 0.960 bits per heavy atom. The van der Waals surface area contributed by atoms with Crippen molar-refractivity contribution in [1.29, 1.82) is 0 Å². The molecule has 0 heterocycles. The highest BCUT2D eigenvalue weighted by Gasteiger charge is 2.09. The van der Waals surface area contributed by atoms with Crippen LogP contribution in [0, 0.1) is 0 Å². The Kier molecular flexibility index (Phi) is 6.84. The van der Waals surface area contributed by atoms with Crippen molar-refractivity contribution in [2.75, 3.05) is 20.8 Å². The summed E-state index contributed by atoms with van der Waals surface area (Å²) in [5.74, 6) is 0.869. The van der Waals surface area contributed by atoms with Gasteiger partial charge in [0.15, 0.2) is 11.5 Å². The van der Waals surface area contributed by atoms with Crippen molar-refractivity contribution in [2.45, 2.75) is 6.92 Å². The van der Waals surface area contributed by atoms with Gasteiger partial charge < -0.3 is 14.2 Å². The number of hydrogen-bond acceptors (Lipinski definition) is 4. The average Bonchev–Trinajstić information content (AvgIpc) is 2.65. The van der Waals surface area contributed by atoms with Crippen LogP contribution in [0.15, 0.2) is 60.2 Å². The van der Waals surface area contributed by atoms with E-state index in [1.54, 1.807) is 39.4 Å². The third-order valence-corrected chi connectivity index (χ3v) is 3.50. The maximum Gasteiger partial charge on any atom is 0.338 e. The predicted molar refractivity (Wildman–Crippen MR) is 99.6 cm³/mol. The Bertz CT molecular complexity index is 761. The standard InChI is InChI=1S/C21H22O4/c1-4-25-21(22)18(12-10-16-8-6-5-7-9-16)14-17-11-13-19(23-2)20(15-17)24-3/h5-15H,4H2,1-3H3/b12-10+,18-14+. The molecule has 0 saturated heterocycles. The molecule has 4 nitrogen and oxygen atoms in total. The summed E-state index contributed by atoms with van der Waals surface area (Å²) < 4.78 is 15.7. The van der Waals surface area contributed by atoms with Crippen LogP contribution in [0.2, 0.25) is 0 Å². The van der Waals surface area contributed by atoms with E-state index in [9.17, 15) is 4.79 Å². The molecule has 0 unspecified atom stereocenters. The van der Waals surface area contributed by atoms with E-state index in [1.165, 1.54) is 0 Å². The number of carbonyl (C=O) groups excluding carboxylic acids is 1. The van der Waals surface area contributed by atoms with Gasteiger partial charge in [0.25, 0.3) is 0 Å². The molecule has 0 fully saturated rings. The first-order valence-corrected chi connectivity index (χ1v) is 8.02. The van der Waals surface area contributed by atoms with E-state index in [0.717, 1.165) is 11.1 Å². The topological polar surface area (TPSA) is 44.8 Å². The Hall–Kier alpha value is -3.01. The van der Waals surface area contributed by atoms with Crippen LogP contribution in [-0.2, 0) is 9.53 Å². The van der Waals surface area contributed by atoms with Crippen molar-refractivity contribution in [3.63, 3.8) is 0 Å². The van der Waals surface area contributed by atoms with E-state index in [2.05, 4.69) is 0 Å². The molecule has 2 aromatic rings. The summed E-state index contributed by atoms with van der Waals surface area (Å²) in [5.41, 5.74) is 2.28. The third-order valence-electron chi connectivity index (χ3n) is 3.50. The van der Waals surface area contributed by atoms with Crippen molar-refractivity contribution >= 4 is 18.1 Å². The largest absolute Gasteiger partial charge is 0.493 e. The summed E-state index contributed by atoms with van der Waals surface area (Å²) in [4.78, 5) is 12.2. The summed E-state index contributed by atoms with van der Waals surface area (Å²) in [6.07, 6.45) is 5.40. The van der Waals surface area contributed by atoms with Gasteiger partial charge in [-0.15, -0.1) is 0 Å². The lowest BCUT2D eigenvalue weighted by Gasteiger charge is -2.08. The van der Waals surface area contributed by atoms with Crippen LogP contribution in [-0.4, -0.2) is 26.8 Å². The number of carbonyl (C=O) groups is 1. The second kappa shape index (κ2) is 9.33. The molecule has 0 aliphatic carbocycles. The SMILES string of the molecule is CCOC(=O)C(/C=C/c1ccccc1)=C/c1ccc(OC)c(OC)c1. The minimum atomic E-state index is -0.371. The summed E-state index contributed by atoms with van der Waals surface area (Å²) >= 11 is 0. The molecule has 0 N–H and O–H groups in total.